The van der Waals surface area contributed by atoms with Gasteiger partial charge in [0.2, 0.25) is 0 Å². The zero-order valence-corrected chi connectivity index (χ0v) is 10.8. The molecule has 17 heavy (non-hydrogen) atoms. The molecule has 1 N–H and O–H groups in total. The van der Waals surface area contributed by atoms with Crippen molar-refractivity contribution in [1.29, 1.82) is 0 Å². The van der Waals surface area contributed by atoms with E-state index >= 15 is 0 Å². The van der Waals surface area contributed by atoms with Crippen molar-refractivity contribution < 1.29 is 13.2 Å². The van der Waals surface area contributed by atoms with Gasteiger partial charge in [0.15, 0.2) is 0 Å². The smallest absolute Gasteiger partial charge is 0.317 e. The Morgan fingerprint density at radius 3 is 2.47 bits per heavy atom. The minimum absolute atomic E-state index is 0.330. The number of hydrogen-bond acceptors (Lipinski definition) is 2. The van der Waals surface area contributed by atoms with Crippen molar-refractivity contribution in [2.75, 3.05) is 27.2 Å². The van der Waals surface area contributed by atoms with Gasteiger partial charge in [-0.05, 0) is 45.2 Å². The summed E-state index contributed by atoms with van der Waals surface area (Å²) in [5.74, 6) is 0.958. The fourth-order valence-corrected chi connectivity index (χ4v) is 2.85. The van der Waals surface area contributed by atoms with Crippen molar-refractivity contribution in [3.63, 3.8) is 0 Å². The molecule has 0 aromatic carbocycles. The summed E-state index contributed by atoms with van der Waals surface area (Å²) < 4.78 is 36.8. The fourth-order valence-electron chi connectivity index (χ4n) is 2.85. The van der Waals surface area contributed by atoms with Crippen molar-refractivity contribution in [1.82, 2.24) is 10.2 Å². The van der Waals surface area contributed by atoms with Crippen LogP contribution in [-0.4, -0.2) is 44.3 Å². The summed E-state index contributed by atoms with van der Waals surface area (Å²) in [5, 5.41) is 3.23. The quantitative estimate of drug-likeness (QED) is 0.827. The molecule has 0 radical (unpaired) electrons. The lowest BCUT2D eigenvalue weighted by Crippen LogP contribution is -2.45. The highest BCUT2D eigenvalue weighted by Crippen LogP contribution is 2.30. The number of halogens is 3. The molecule has 2 nitrogen and oxygen atoms in total. The highest BCUT2D eigenvalue weighted by atomic mass is 19.4. The largest absolute Gasteiger partial charge is 0.401 e. The van der Waals surface area contributed by atoms with Crippen LogP contribution in [0.3, 0.4) is 0 Å². The number of nitrogens with zero attached hydrogens (tertiary/aromatic N) is 1. The van der Waals surface area contributed by atoms with Crippen LogP contribution in [0.4, 0.5) is 13.2 Å². The standard InChI is InChI=1S/C12H23F3N2/c1-9-4-5-11(16-2)10(6-9)7-17(3)8-12(13,14)15/h9-11,16H,4-8H2,1-3H3. The molecule has 1 saturated carbocycles. The van der Waals surface area contributed by atoms with Crippen LogP contribution in [0.1, 0.15) is 26.2 Å². The van der Waals surface area contributed by atoms with E-state index < -0.39 is 12.7 Å². The Balaban J connectivity index is 2.46. The third kappa shape index (κ3) is 5.25. The average Bonchev–Trinajstić information content (AvgIpc) is 2.14. The van der Waals surface area contributed by atoms with Gasteiger partial charge in [0, 0.05) is 12.6 Å². The monoisotopic (exact) mass is 252 g/mol. The van der Waals surface area contributed by atoms with Crippen molar-refractivity contribution in [2.24, 2.45) is 11.8 Å². The summed E-state index contributed by atoms with van der Waals surface area (Å²) in [6.45, 7) is 1.90. The summed E-state index contributed by atoms with van der Waals surface area (Å²) in [5.41, 5.74) is 0. The number of nitrogens with one attached hydrogen (secondary N) is 1. The Kier molecular flexibility index (Phi) is 5.25. The first kappa shape index (κ1) is 14.8. The Morgan fingerprint density at radius 2 is 1.94 bits per heavy atom. The molecule has 102 valence electrons. The van der Waals surface area contributed by atoms with Gasteiger partial charge in [-0.2, -0.15) is 13.2 Å². The summed E-state index contributed by atoms with van der Waals surface area (Å²) in [6, 6.07) is 0.363. The van der Waals surface area contributed by atoms with Crippen LogP contribution in [0.5, 0.6) is 0 Å². The van der Waals surface area contributed by atoms with Crippen LogP contribution < -0.4 is 5.32 Å². The Bertz CT molecular complexity index is 230. The zero-order valence-electron chi connectivity index (χ0n) is 10.8. The molecular weight excluding hydrogens is 229 g/mol. The molecular formula is C12H23F3N2. The minimum Gasteiger partial charge on any atom is -0.317 e. The van der Waals surface area contributed by atoms with Gasteiger partial charge in [-0.15, -0.1) is 0 Å². The van der Waals surface area contributed by atoms with E-state index in [1.54, 1.807) is 7.05 Å². The lowest BCUT2D eigenvalue weighted by Gasteiger charge is -2.37. The number of rotatable bonds is 4. The number of hydrogen-bond donors (Lipinski definition) is 1. The second-order valence-corrected chi connectivity index (χ2v) is 5.39. The molecule has 0 aromatic heterocycles. The van der Waals surface area contributed by atoms with Crippen LogP contribution in [0.25, 0.3) is 0 Å². The average molecular weight is 252 g/mol. The van der Waals surface area contributed by atoms with Gasteiger partial charge >= 0.3 is 6.18 Å². The highest BCUT2D eigenvalue weighted by molar-refractivity contribution is 4.84. The first-order valence-corrected chi connectivity index (χ1v) is 6.24. The molecule has 0 aliphatic heterocycles. The Labute approximate surface area is 102 Å². The van der Waals surface area contributed by atoms with Crippen LogP contribution in [0.15, 0.2) is 0 Å². The molecule has 0 amide bonds. The van der Waals surface area contributed by atoms with E-state index in [0.717, 1.165) is 12.8 Å². The molecule has 0 heterocycles. The second kappa shape index (κ2) is 6.05. The Hall–Kier alpha value is -0.290. The molecule has 0 saturated heterocycles. The molecule has 1 aliphatic rings. The van der Waals surface area contributed by atoms with E-state index in [9.17, 15) is 13.2 Å². The molecule has 0 spiro atoms. The molecule has 0 aromatic rings. The maximum Gasteiger partial charge on any atom is 0.401 e. The number of alkyl halides is 3. The van der Waals surface area contributed by atoms with Gasteiger partial charge in [0.1, 0.15) is 0 Å². The first-order valence-electron chi connectivity index (χ1n) is 6.24. The molecule has 1 rings (SSSR count). The maximum atomic E-state index is 12.3. The van der Waals surface area contributed by atoms with Crippen LogP contribution in [0, 0.1) is 11.8 Å². The van der Waals surface area contributed by atoms with Crippen LogP contribution >= 0.6 is 0 Å². The maximum absolute atomic E-state index is 12.3. The second-order valence-electron chi connectivity index (χ2n) is 5.39. The van der Waals surface area contributed by atoms with Gasteiger partial charge in [0.05, 0.1) is 6.54 Å². The molecule has 1 aliphatic carbocycles. The molecule has 1 fully saturated rings. The summed E-state index contributed by atoms with van der Waals surface area (Å²) in [4.78, 5) is 1.40. The van der Waals surface area contributed by atoms with E-state index in [1.807, 2.05) is 7.05 Å². The van der Waals surface area contributed by atoms with Crippen molar-refractivity contribution in [3.05, 3.63) is 0 Å². The summed E-state index contributed by atoms with van der Waals surface area (Å²) in [7, 11) is 3.46. The van der Waals surface area contributed by atoms with Gasteiger partial charge in [-0.1, -0.05) is 6.92 Å². The first-order chi connectivity index (χ1) is 7.81. The van der Waals surface area contributed by atoms with Gasteiger partial charge in [0.25, 0.3) is 0 Å². The van der Waals surface area contributed by atoms with E-state index in [0.29, 0.717) is 24.4 Å². The third-order valence-electron chi connectivity index (χ3n) is 3.61. The van der Waals surface area contributed by atoms with Gasteiger partial charge in [-0.3, -0.25) is 4.90 Å². The highest BCUT2D eigenvalue weighted by Gasteiger charge is 2.33. The van der Waals surface area contributed by atoms with Gasteiger partial charge in [-0.25, -0.2) is 0 Å². The SMILES string of the molecule is CNC1CCC(C)CC1CN(C)CC(F)(F)F. The van der Waals surface area contributed by atoms with Crippen molar-refractivity contribution in [2.45, 2.75) is 38.4 Å². The Morgan fingerprint density at radius 1 is 1.29 bits per heavy atom. The molecule has 3 unspecified atom stereocenters. The van der Waals surface area contributed by atoms with E-state index in [2.05, 4.69) is 12.2 Å². The van der Waals surface area contributed by atoms with Crippen molar-refractivity contribution in [3.8, 4) is 0 Å². The summed E-state index contributed by atoms with van der Waals surface area (Å²) in [6.07, 6.45) is -0.828. The predicted molar refractivity (Wildman–Crippen MR) is 62.9 cm³/mol. The van der Waals surface area contributed by atoms with E-state index in [4.69, 9.17) is 0 Å². The minimum atomic E-state index is -4.09. The van der Waals surface area contributed by atoms with Gasteiger partial charge < -0.3 is 5.32 Å². The van der Waals surface area contributed by atoms with Crippen molar-refractivity contribution >= 4 is 0 Å². The molecule has 3 atom stereocenters. The van der Waals surface area contributed by atoms with Crippen LogP contribution in [0.2, 0.25) is 0 Å². The fraction of sp³-hybridized carbons (Fsp3) is 1.00. The van der Waals surface area contributed by atoms with E-state index in [1.165, 1.54) is 11.3 Å². The lowest BCUT2D eigenvalue weighted by molar-refractivity contribution is -0.144. The molecule has 0 bridgehead atoms. The topological polar surface area (TPSA) is 15.3 Å². The van der Waals surface area contributed by atoms with Crippen LogP contribution in [-0.2, 0) is 0 Å². The predicted octanol–water partition coefficient (Wildman–Crippen LogP) is 2.50. The third-order valence-corrected chi connectivity index (χ3v) is 3.61. The zero-order chi connectivity index (χ0) is 13.1. The summed E-state index contributed by atoms with van der Waals surface area (Å²) >= 11 is 0. The van der Waals surface area contributed by atoms with E-state index in [-0.39, 0.29) is 0 Å². The molecule has 5 heteroatoms. The lowest BCUT2D eigenvalue weighted by atomic mass is 9.78. The normalized spacial score (nSPS) is 30.9.